The fourth-order valence-corrected chi connectivity index (χ4v) is 5.16. The van der Waals surface area contributed by atoms with Crippen LogP contribution in [0.25, 0.3) is 10.9 Å². The molecule has 1 amide bonds. The molecule has 0 bridgehead atoms. The monoisotopic (exact) mass is 502 g/mol. The van der Waals surface area contributed by atoms with Crippen molar-refractivity contribution in [2.45, 2.75) is 52.9 Å². The predicted molar refractivity (Wildman–Crippen MR) is 129 cm³/mol. The van der Waals surface area contributed by atoms with Gasteiger partial charge >= 0.3 is 12.3 Å². The van der Waals surface area contributed by atoms with Crippen LogP contribution >= 0.6 is 0 Å². The normalized spacial score (nSPS) is 14.9. The number of carboxylic acid groups (broad SMARTS) is 1. The Morgan fingerprint density at radius 2 is 1.75 bits per heavy atom. The molecular weight excluding hydrogens is 473 g/mol. The number of halogens is 3. The average molecular weight is 503 g/mol. The van der Waals surface area contributed by atoms with Gasteiger partial charge in [-0.25, -0.2) is 0 Å². The first kappa shape index (κ1) is 25.6. The maximum absolute atomic E-state index is 13.3. The van der Waals surface area contributed by atoms with Crippen LogP contribution in [0.4, 0.5) is 13.2 Å². The van der Waals surface area contributed by atoms with Gasteiger partial charge in [0.2, 0.25) is 0 Å². The number of likely N-dealkylation sites (tertiary alicyclic amines) is 1. The van der Waals surface area contributed by atoms with Gasteiger partial charge in [0.05, 0.1) is 5.52 Å². The number of aliphatic carboxylic acids is 1. The standard InChI is InChI=1S/C27H29F3N2O4/c1-16-4-5-22(26(35)31-9-6-19(7-10-31)13-24(33)34)18(3)23(16)15-32-11-8-20-14-21(36-27(28,29)30)12-17(2)25(20)32/h4-5,8,11-12,14,19H,6-7,9-10,13,15H2,1-3H3,(H,33,34). The lowest BCUT2D eigenvalue weighted by Crippen LogP contribution is -2.39. The van der Waals surface area contributed by atoms with Crippen LogP contribution < -0.4 is 4.74 Å². The van der Waals surface area contributed by atoms with Crippen LogP contribution in [-0.4, -0.2) is 45.9 Å². The Morgan fingerprint density at radius 1 is 1.06 bits per heavy atom. The third kappa shape index (κ3) is 5.50. The predicted octanol–water partition coefficient (Wildman–Crippen LogP) is 5.84. The van der Waals surface area contributed by atoms with Gasteiger partial charge in [-0.15, -0.1) is 13.2 Å². The van der Waals surface area contributed by atoms with E-state index in [9.17, 15) is 22.8 Å². The summed E-state index contributed by atoms with van der Waals surface area (Å²) in [5.41, 5.74) is 4.93. The van der Waals surface area contributed by atoms with Gasteiger partial charge in [0, 0.05) is 43.2 Å². The Morgan fingerprint density at radius 3 is 2.39 bits per heavy atom. The highest BCUT2D eigenvalue weighted by molar-refractivity contribution is 5.96. The number of amides is 1. The van der Waals surface area contributed by atoms with Crippen LogP contribution in [0.3, 0.4) is 0 Å². The molecule has 2 aromatic carbocycles. The summed E-state index contributed by atoms with van der Waals surface area (Å²) < 4.78 is 44.1. The molecule has 1 aromatic heterocycles. The van der Waals surface area contributed by atoms with Gasteiger partial charge < -0.3 is 19.3 Å². The second-order valence-electron chi connectivity index (χ2n) is 9.54. The fraction of sp³-hybridized carbons (Fsp3) is 0.407. The minimum Gasteiger partial charge on any atom is -0.481 e. The topological polar surface area (TPSA) is 71.8 Å². The molecule has 1 aliphatic heterocycles. The molecule has 0 spiro atoms. The Balaban J connectivity index is 1.58. The van der Waals surface area contributed by atoms with E-state index in [0.29, 0.717) is 49.0 Å². The molecule has 2 heterocycles. The molecule has 1 fully saturated rings. The maximum atomic E-state index is 13.3. The molecule has 9 heteroatoms. The van der Waals surface area contributed by atoms with E-state index in [-0.39, 0.29) is 24.0 Å². The molecule has 0 atom stereocenters. The number of benzene rings is 2. The SMILES string of the molecule is Cc1ccc(C(=O)N2CCC(CC(=O)O)CC2)c(C)c1Cn1ccc2cc(OC(F)(F)F)cc(C)c21. The zero-order chi connectivity index (χ0) is 26.2. The molecule has 0 saturated carbocycles. The van der Waals surface area contributed by atoms with E-state index in [2.05, 4.69) is 4.74 Å². The quantitative estimate of drug-likeness (QED) is 0.460. The number of carboxylic acids is 1. The maximum Gasteiger partial charge on any atom is 0.573 e. The number of nitrogens with zero attached hydrogens (tertiary/aromatic N) is 2. The van der Waals surface area contributed by atoms with Crippen LogP contribution in [0.2, 0.25) is 0 Å². The molecule has 1 aliphatic rings. The summed E-state index contributed by atoms with van der Waals surface area (Å²) in [6.45, 7) is 7.16. The van der Waals surface area contributed by atoms with E-state index in [0.717, 1.165) is 22.2 Å². The zero-order valence-corrected chi connectivity index (χ0v) is 20.5. The van der Waals surface area contributed by atoms with E-state index in [1.807, 2.05) is 36.7 Å². The summed E-state index contributed by atoms with van der Waals surface area (Å²) in [6.07, 6.45) is -1.45. The average Bonchev–Trinajstić information content (AvgIpc) is 3.18. The number of carbonyl (C=O) groups excluding carboxylic acids is 1. The van der Waals surface area contributed by atoms with Gasteiger partial charge in [-0.3, -0.25) is 9.59 Å². The van der Waals surface area contributed by atoms with Crippen molar-refractivity contribution in [1.82, 2.24) is 9.47 Å². The molecule has 3 aromatic rings. The van der Waals surface area contributed by atoms with Gasteiger partial charge in [-0.05, 0) is 86.1 Å². The number of rotatable bonds is 6. The summed E-state index contributed by atoms with van der Waals surface area (Å²) in [5.74, 6) is -1.04. The molecule has 36 heavy (non-hydrogen) atoms. The lowest BCUT2D eigenvalue weighted by atomic mass is 9.92. The Bertz CT molecular complexity index is 1300. The fourth-order valence-electron chi connectivity index (χ4n) is 5.16. The van der Waals surface area contributed by atoms with Crippen molar-refractivity contribution in [3.63, 3.8) is 0 Å². The van der Waals surface area contributed by atoms with Crippen molar-refractivity contribution in [3.8, 4) is 5.75 Å². The van der Waals surface area contributed by atoms with Crippen LogP contribution in [-0.2, 0) is 11.3 Å². The molecule has 0 radical (unpaired) electrons. The van der Waals surface area contributed by atoms with Gasteiger partial charge in [0.25, 0.3) is 5.91 Å². The van der Waals surface area contributed by atoms with E-state index < -0.39 is 12.3 Å². The summed E-state index contributed by atoms with van der Waals surface area (Å²) in [4.78, 5) is 26.1. The van der Waals surface area contributed by atoms with E-state index in [4.69, 9.17) is 5.11 Å². The van der Waals surface area contributed by atoms with Gasteiger partial charge in [0.1, 0.15) is 5.75 Å². The summed E-state index contributed by atoms with van der Waals surface area (Å²) in [6, 6.07) is 8.26. The van der Waals surface area contributed by atoms with Crippen molar-refractivity contribution >= 4 is 22.8 Å². The van der Waals surface area contributed by atoms with E-state index in [1.165, 1.54) is 12.1 Å². The van der Waals surface area contributed by atoms with Gasteiger partial charge in [-0.1, -0.05) is 6.07 Å². The molecule has 4 rings (SSSR count). The smallest absolute Gasteiger partial charge is 0.481 e. The van der Waals surface area contributed by atoms with Crippen molar-refractivity contribution < 1.29 is 32.6 Å². The Labute approximate surface area is 207 Å². The molecule has 1 saturated heterocycles. The number of piperidine rings is 1. The summed E-state index contributed by atoms with van der Waals surface area (Å²) >= 11 is 0. The second-order valence-corrected chi connectivity index (χ2v) is 9.54. The number of hydrogen-bond acceptors (Lipinski definition) is 3. The lowest BCUT2D eigenvalue weighted by Gasteiger charge is -2.32. The number of ether oxygens (including phenoxy) is 1. The van der Waals surface area contributed by atoms with Crippen LogP contribution in [0, 0.1) is 26.7 Å². The number of aromatic nitrogens is 1. The van der Waals surface area contributed by atoms with Crippen molar-refractivity contribution in [2.24, 2.45) is 5.92 Å². The minimum absolute atomic E-state index is 0.0648. The third-order valence-corrected chi connectivity index (χ3v) is 7.01. The first-order valence-corrected chi connectivity index (χ1v) is 11.9. The molecule has 0 unspecified atom stereocenters. The number of alkyl halides is 3. The van der Waals surface area contributed by atoms with Crippen molar-refractivity contribution in [2.75, 3.05) is 13.1 Å². The Kier molecular flexibility index (Phi) is 7.02. The second kappa shape index (κ2) is 9.87. The molecule has 192 valence electrons. The van der Waals surface area contributed by atoms with Crippen LogP contribution in [0.1, 0.15) is 51.9 Å². The molecular formula is C27H29F3N2O4. The van der Waals surface area contributed by atoms with Gasteiger partial charge in [0.15, 0.2) is 0 Å². The van der Waals surface area contributed by atoms with Crippen molar-refractivity contribution in [3.05, 3.63) is 64.3 Å². The molecule has 6 nitrogen and oxygen atoms in total. The summed E-state index contributed by atoms with van der Waals surface area (Å²) in [5, 5.41) is 9.66. The Hall–Kier alpha value is -3.49. The lowest BCUT2D eigenvalue weighted by molar-refractivity contribution is -0.274. The highest BCUT2D eigenvalue weighted by Crippen LogP contribution is 2.31. The molecule has 1 N–H and O–H groups in total. The number of aryl methyl sites for hydroxylation is 2. The minimum atomic E-state index is -4.75. The number of hydrogen-bond donors (Lipinski definition) is 1. The first-order valence-electron chi connectivity index (χ1n) is 11.9. The van der Waals surface area contributed by atoms with Crippen LogP contribution in [0.5, 0.6) is 5.75 Å². The highest BCUT2D eigenvalue weighted by Gasteiger charge is 2.31. The molecule has 0 aliphatic carbocycles. The van der Waals surface area contributed by atoms with E-state index >= 15 is 0 Å². The van der Waals surface area contributed by atoms with Crippen molar-refractivity contribution in [1.29, 1.82) is 0 Å². The largest absolute Gasteiger partial charge is 0.573 e. The number of fused-ring (bicyclic) bond motifs is 1. The van der Waals surface area contributed by atoms with Crippen LogP contribution in [0.15, 0.2) is 36.5 Å². The first-order chi connectivity index (χ1) is 16.9. The highest BCUT2D eigenvalue weighted by atomic mass is 19.4. The third-order valence-electron chi connectivity index (χ3n) is 7.01. The zero-order valence-electron chi connectivity index (χ0n) is 20.5. The number of carbonyl (C=O) groups is 2. The summed E-state index contributed by atoms with van der Waals surface area (Å²) in [7, 11) is 0. The van der Waals surface area contributed by atoms with Gasteiger partial charge in [-0.2, -0.15) is 0 Å². The van der Waals surface area contributed by atoms with E-state index in [1.54, 1.807) is 17.9 Å².